The summed E-state index contributed by atoms with van der Waals surface area (Å²) in [5.74, 6) is 0.772. The summed E-state index contributed by atoms with van der Waals surface area (Å²) in [5.41, 5.74) is -0.631. The predicted molar refractivity (Wildman–Crippen MR) is 87.2 cm³/mol. The number of ether oxygens (including phenoxy) is 1. The van der Waals surface area contributed by atoms with Crippen LogP contribution in [0.2, 0.25) is 0 Å². The lowest BCUT2D eigenvalue weighted by molar-refractivity contribution is -0.131. The lowest BCUT2D eigenvalue weighted by Gasteiger charge is -2.24. The van der Waals surface area contributed by atoms with E-state index in [0.717, 1.165) is 44.3 Å². The van der Waals surface area contributed by atoms with Crippen molar-refractivity contribution in [2.24, 2.45) is 0 Å². The van der Waals surface area contributed by atoms with Gasteiger partial charge in [-0.05, 0) is 31.4 Å². The quantitative estimate of drug-likeness (QED) is 0.671. The number of para-hydroxylation sites is 1. The molecule has 0 aromatic heterocycles. The molecular weight excluding hydrogens is 292 g/mol. The van der Waals surface area contributed by atoms with Gasteiger partial charge in [-0.3, -0.25) is 9.69 Å². The number of carbonyl (C=O) groups is 2. The largest absolute Gasteiger partial charge is 0.494 e. The second-order valence-corrected chi connectivity index (χ2v) is 6.40. The summed E-state index contributed by atoms with van der Waals surface area (Å²) in [7, 11) is 0. The van der Waals surface area contributed by atoms with E-state index in [0.29, 0.717) is 19.6 Å². The van der Waals surface area contributed by atoms with Crippen LogP contribution < -0.4 is 10.1 Å². The molecule has 124 valence electrons. The third-order valence-corrected chi connectivity index (χ3v) is 4.74. The number of nitrogens with one attached hydrogen (secondary N) is 1. The molecular formula is C18H24N2O3. The van der Waals surface area contributed by atoms with Crippen LogP contribution in [0.4, 0.5) is 4.79 Å². The van der Waals surface area contributed by atoms with Crippen molar-refractivity contribution in [1.29, 1.82) is 0 Å². The van der Waals surface area contributed by atoms with Crippen LogP contribution in [0.3, 0.4) is 0 Å². The molecule has 1 aliphatic heterocycles. The fraction of sp³-hybridized carbons (Fsp3) is 0.556. The van der Waals surface area contributed by atoms with Gasteiger partial charge in [0.05, 0.1) is 6.61 Å². The Morgan fingerprint density at radius 1 is 1.04 bits per heavy atom. The third-order valence-electron chi connectivity index (χ3n) is 4.74. The van der Waals surface area contributed by atoms with Gasteiger partial charge in [-0.2, -0.15) is 0 Å². The highest BCUT2D eigenvalue weighted by molar-refractivity contribution is 6.07. The van der Waals surface area contributed by atoms with Crippen LogP contribution in [0.1, 0.15) is 44.9 Å². The maximum Gasteiger partial charge on any atom is 0.325 e. The number of amides is 3. The average Bonchev–Trinajstić information content (AvgIpc) is 2.74. The van der Waals surface area contributed by atoms with E-state index in [1.165, 1.54) is 4.90 Å². The zero-order valence-electron chi connectivity index (χ0n) is 13.4. The van der Waals surface area contributed by atoms with Crippen LogP contribution in [0, 0.1) is 0 Å². The van der Waals surface area contributed by atoms with E-state index >= 15 is 0 Å². The Kier molecular flexibility index (Phi) is 4.84. The Hall–Kier alpha value is -2.04. The fourth-order valence-electron chi connectivity index (χ4n) is 3.48. The SMILES string of the molecule is O=C1NC2(CCCCCC2)C(=O)N1CCCOc1ccccc1. The number of carbonyl (C=O) groups excluding carboxylic acids is 2. The van der Waals surface area contributed by atoms with Crippen molar-refractivity contribution >= 4 is 11.9 Å². The summed E-state index contributed by atoms with van der Waals surface area (Å²) >= 11 is 0. The normalized spacial score (nSPS) is 20.4. The first-order valence-electron chi connectivity index (χ1n) is 8.53. The molecule has 0 radical (unpaired) electrons. The molecule has 3 amide bonds. The molecule has 2 fully saturated rings. The number of hydrogen-bond acceptors (Lipinski definition) is 3. The molecule has 0 bridgehead atoms. The molecule has 5 nitrogen and oxygen atoms in total. The van der Waals surface area contributed by atoms with Crippen molar-refractivity contribution in [2.75, 3.05) is 13.2 Å². The van der Waals surface area contributed by atoms with E-state index in [2.05, 4.69) is 5.32 Å². The van der Waals surface area contributed by atoms with Crippen LogP contribution in [-0.4, -0.2) is 35.5 Å². The van der Waals surface area contributed by atoms with E-state index in [1.807, 2.05) is 30.3 Å². The van der Waals surface area contributed by atoms with Crippen molar-refractivity contribution in [2.45, 2.75) is 50.5 Å². The van der Waals surface area contributed by atoms with E-state index in [-0.39, 0.29) is 11.9 Å². The van der Waals surface area contributed by atoms with Crippen molar-refractivity contribution < 1.29 is 14.3 Å². The molecule has 1 saturated carbocycles. The minimum atomic E-state index is -0.631. The van der Waals surface area contributed by atoms with E-state index in [1.54, 1.807) is 0 Å². The molecule has 1 spiro atoms. The summed E-state index contributed by atoms with van der Waals surface area (Å²) in [5, 5.41) is 2.96. The third kappa shape index (κ3) is 3.49. The number of imide groups is 1. The summed E-state index contributed by atoms with van der Waals surface area (Å²) in [6, 6.07) is 9.33. The van der Waals surface area contributed by atoms with Gasteiger partial charge in [0.25, 0.3) is 5.91 Å². The Bertz CT molecular complexity index is 551. The van der Waals surface area contributed by atoms with Gasteiger partial charge < -0.3 is 10.1 Å². The molecule has 0 unspecified atom stereocenters. The topological polar surface area (TPSA) is 58.6 Å². The van der Waals surface area contributed by atoms with Gasteiger partial charge in [-0.15, -0.1) is 0 Å². The van der Waals surface area contributed by atoms with Crippen LogP contribution in [0.15, 0.2) is 30.3 Å². The van der Waals surface area contributed by atoms with Crippen molar-refractivity contribution in [1.82, 2.24) is 10.2 Å². The van der Waals surface area contributed by atoms with Crippen LogP contribution >= 0.6 is 0 Å². The van der Waals surface area contributed by atoms with Gasteiger partial charge in [-0.25, -0.2) is 4.79 Å². The number of urea groups is 1. The van der Waals surface area contributed by atoms with Gasteiger partial charge in [-0.1, -0.05) is 43.9 Å². The fourth-order valence-corrected chi connectivity index (χ4v) is 3.48. The van der Waals surface area contributed by atoms with Crippen molar-refractivity contribution in [3.8, 4) is 5.75 Å². The molecule has 3 rings (SSSR count). The molecule has 1 aliphatic carbocycles. The van der Waals surface area contributed by atoms with Crippen LogP contribution in [0.5, 0.6) is 5.75 Å². The van der Waals surface area contributed by atoms with E-state index in [4.69, 9.17) is 4.74 Å². The summed E-state index contributed by atoms with van der Waals surface area (Å²) in [4.78, 5) is 26.3. The Morgan fingerprint density at radius 3 is 2.43 bits per heavy atom. The standard InChI is InChI=1S/C18H24N2O3/c21-16-18(11-6-1-2-7-12-18)19-17(22)20(16)13-8-14-23-15-9-4-3-5-10-15/h3-5,9-10H,1-2,6-8,11-14H2,(H,19,22). The summed E-state index contributed by atoms with van der Waals surface area (Å²) in [6.07, 6.45) is 6.51. The van der Waals surface area contributed by atoms with E-state index < -0.39 is 5.54 Å². The molecule has 1 aromatic rings. The number of benzene rings is 1. The Balaban J connectivity index is 1.52. The number of rotatable bonds is 5. The molecule has 0 atom stereocenters. The molecule has 23 heavy (non-hydrogen) atoms. The Morgan fingerprint density at radius 2 is 1.74 bits per heavy atom. The first-order chi connectivity index (χ1) is 11.2. The predicted octanol–water partition coefficient (Wildman–Crippen LogP) is 3.10. The highest BCUT2D eigenvalue weighted by Crippen LogP contribution is 2.32. The first kappa shape index (κ1) is 15.8. The highest BCUT2D eigenvalue weighted by atomic mass is 16.5. The smallest absolute Gasteiger partial charge is 0.325 e. The monoisotopic (exact) mass is 316 g/mol. The maximum absolute atomic E-state index is 12.7. The molecule has 1 aromatic carbocycles. The van der Waals surface area contributed by atoms with Crippen LogP contribution in [-0.2, 0) is 4.79 Å². The van der Waals surface area contributed by atoms with Gasteiger partial charge >= 0.3 is 6.03 Å². The summed E-state index contributed by atoms with van der Waals surface area (Å²) < 4.78 is 5.62. The lowest BCUT2D eigenvalue weighted by atomic mass is 9.90. The second kappa shape index (κ2) is 7.02. The maximum atomic E-state index is 12.7. The van der Waals surface area contributed by atoms with Gasteiger partial charge in [0, 0.05) is 6.54 Å². The van der Waals surface area contributed by atoms with Crippen LogP contribution in [0.25, 0.3) is 0 Å². The van der Waals surface area contributed by atoms with Crippen molar-refractivity contribution in [3.05, 3.63) is 30.3 Å². The minimum absolute atomic E-state index is 0.0379. The lowest BCUT2D eigenvalue weighted by Crippen LogP contribution is -2.46. The molecule has 1 saturated heterocycles. The molecule has 1 heterocycles. The number of nitrogens with zero attached hydrogens (tertiary/aromatic N) is 1. The highest BCUT2D eigenvalue weighted by Gasteiger charge is 2.50. The summed E-state index contributed by atoms with van der Waals surface area (Å²) in [6.45, 7) is 0.910. The first-order valence-corrected chi connectivity index (χ1v) is 8.53. The Labute approximate surface area is 137 Å². The minimum Gasteiger partial charge on any atom is -0.494 e. The molecule has 2 aliphatic rings. The molecule has 1 N–H and O–H groups in total. The average molecular weight is 316 g/mol. The van der Waals surface area contributed by atoms with Crippen molar-refractivity contribution in [3.63, 3.8) is 0 Å². The zero-order chi connectivity index (χ0) is 16.1. The van der Waals surface area contributed by atoms with Gasteiger partial charge in [0.1, 0.15) is 11.3 Å². The number of hydrogen-bond donors (Lipinski definition) is 1. The van der Waals surface area contributed by atoms with Gasteiger partial charge in [0.15, 0.2) is 0 Å². The zero-order valence-corrected chi connectivity index (χ0v) is 13.4. The molecule has 5 heteroatoms. The van der Waals surface area contributed by atoms with E-state index in [9.17, 15) is 9.59 Å². The van der Waals surface area contributed by atoms with Gasteiger partial charge in [0.2, 0.25) is 0 Å². The second-order valence-electron chi connectivity index (χ2n) is 6.40.